The van der Waals surface area contributed by atoms with Gasteiger partial charge in [0.2, 0.25) is 0 Å². The molecule has 0 radical (unpaired) electrons. The Kier molecular flexibility index (Phi) is 5.09. The van der Waals surface area contributed by atoms with Crippen LogP contribution >= 0.6 is 27.7 Å². The third-order valence-corrected chi connectivity index (χ3v) is 4.77. The van der Waals surface area contributed by atoms with Gasteiger partial charge in [-0.25, -0.2) is 4.79 Å². The van der Waals surface area contributed by atoms with Gasteiger partial charge in [-0.3, -0.25) is 0 Å². The van der Waals surface area contributed by atoms with E-state index in [4.69, 9.17) is 9.84 Å². The van der Waals surface area contributed by atoms with Crippen molar-refractivity contribution in [3.8, 4) is 0 Å². The molecule has 2 rings (SSSR count). The summed E-state index contributed by atoms with van der Waals surface area (Å²) in [6.45, 7) is 1.66. The third-order valence-electron chi connectivity index (χ3n) is 2.99. The fourth-order valence-corrected chi connectivity index (χ4v) is 3.70. The molecular weight excluding hydrogens is 316 g/mol. The van der Waals surface area contributed by atoms with Gasteiger partial charge in [-0.15, -0.1) is 11.8 Å². The van der Waals surface area contributed by atoms with Gasteiger partial charge in [0.05, 0.1) is 5.56 Å². The van der Waals surface area contributed by atoms with Crippen LogP contribution in [0.15, 0.2) is 27.6 Å². The first-order valence-electron chi connectivity index (χ1n) is 5.90. The smallest absolute Gasteiger partial charge is 0.336 e. The highest BCUT2D eigenvalue weighted by molar-refractivity contribution is 9.10. The number of rotatable bonds is 4. The molecule has 1 saturated heterocycles. The molecule has 0 spiro atoms. The number of hydrogen-bond acceptors (Lipinski definition) is 3. The lowest BCUT2D eigenvalue weighted by molar-refractivity contribution is 0.0692. The van der Waals surface area contributed by atoms with Crippen molar-refractivity contribution in [3.05, 3.63) is 28.2 Å². The van der Waals surface area contributed by atoms with Gasteiger partial charge < -0.3 is 9.84 Å². The average Bonchev–Trinajstić information content (AvgIpc) is 2.37. The molecule has 0 aliphatic carbocycles. The largest absolute Gasteiger partial charge is 0.478 e. The second-order valence-electron chi connectivity index (χ2n) is 4.31. The summed E-state index contributed by atoms with van der Waals surface area (Å²) in [6, 6.07) is 5.30. The van der Waals surface area contributed by atoms with Crippen LogP contribution in [0.3, 0.4) is 0 Å². The second kappa shape index (κ2) is 6.59. The van der Waals surface area contributed by atoms with Gasteiger partial charge in [0.1, 0.15) is 0 Å². The SMILES string of the molecule is O=C(O)c1ccc(Br)cc1SCC1CCOCC1. The van der Waals surface area contributed by atoms with Crippen LogP contribution in [0, 0.1) is 5.92 Å². The van der Waals surface area contributed by atoms with Crippen molar-refractivity contribution in [1.82, 2.24) is 0 Å². The molecule has 0 bridgehead atoms. The predicted molar refractivity (Wildman–Crippen MR) is 75.4 cm³/mol. The van der Waals surface area contributed by atoms with Crippen LogP contribution in [0.25, 0.3) is 0 Å². The number of carbonyl (C=O) groups is 1. The van der Waals surface area contributed by atoms with Gasteiger partial charge in [0.15, 0.2) is 0 Å². The molecule has 1 heterocycles. The highest BCUT2D eigenvalue weighted by Crippen LogP contribution is 2.30. The van der Waals surface area contributed by atoms with E-state index in [1.54, 1.807) is 23.9 Å². The molecule has 1 aromatic rings. The lowest BCUT2D eigenvalue weighted by atomic mass is 10.0. The normalized spacial score (nSPS) is 16.7. The van der Waals surface area contributed by atoms with Crippen LogP contribution in [0.5, 0.6) is 0 Å². The molecule has 0 aromatic heterocycles. The highest BCUT2D eigenvalue weighted by Gasteiger charge is 2.16. The number of ether oxygens (including phenoxy) is 1. The van der Waals surface area contributed by atoms with E-state index >= 15 is 0 Å². The average molecular weight is 331 g/mol. The maximum Gasteiger partial charge on any atom is 0.336 e. The van der Waals surface area contributed by atoms with Crippen LogP contribution in [-0.4, -0.2) is 30.0 Å². The van der Waals surface area contributed by atoms with Crippen LogP contribution in [0.2, 0.25) is 0 Å². The van der Waals surface area contributed by atoms with Gasteiger partial charge in [-0.2, -0.15) is 0 Å². The topological polar surface area (TPSA) is 46.5 Å². The number of hydrogen-bond donors (Lipinski definition) is 1. The van der Waals surface area contributed by atoms with E-state index in [0.29, 0.717) is 11.5 Å². The van der Waals surface area contributed by atoms with Crippen LogP contribution in [0.4, 0.5) is 0 Å². The summed E-state index contributed by atoms with van der Waals surface area (Å²) in [5.74, 6) is 0.724. The second-order valence-corrected chi connectivity index (χ2v) is 6.29. The Bertz CT molecular complexity index is 430. The molecule has 98 valence electrons. The minimum Gasteiger partial charge on any atom is -0.478 e. The minimum atomic E-state index is -0.864. The quantitative estimate of drug-likeness (QED) is 0.855. The molecule has 5 heteroatoms. The summed E-state index contributed by atoms with van der Waals surface area (Å²) in [6.07, 6.45) is 2.15. The Hall–Kier alpha value is -0.520. The number of aromatic carboxylic acids is 1. The van der Waals surface area contributed by atoms with Crippen LogP contribution < -0.4 is 0 Å². The number of carboxylic acids is 1. The first kappa shape index (κ1) is 13.9. The molecule has 1 aliphatic rings. The number of thioether (sulfide) groups is 1. The lowest BCUT2D eigenvalue weighted by Gasteiger charge is -2.21. The number of carboxylic acid groups (broad SMARTS) is 1. The molecule has 1 N–H and O–H groups in total. The molecule has 3 nitrogen and oxygen atoms in total. The summed E-state index contributed by atoms with van der Waals surface area (Å²) >= 11 is 5.01. The molecule has 0 atom stereocenters. The third kappa shape index (κ3) is 3.73. The number of halogens is 1. The molecule has 18 heavy (non-hydrogen) atoms. The summed E-state index contributed by atoms with van der Waals surface area (Å²) in [5, 5.41) is 9.14. The van der Waals surface area contributed by atoms with Gasteiger partial charge in [-0.05, 0) is 37.0 Å². The Balaban J connectivity index is 2.03. The lowest BCUT2D eigenvalue weighted by Crippen LogP contribution is -2.17. The Morgan fingerprint density at radius 3 is 2.83 bits per heavy atom. The Labute approximate surface area is 119 Å². The van der Waals surface area contributed by atoms with Crippen molar-refractivity contribution in [2.75, 3.05) is 19.0 Å². The summed E-state index contributed by atoms with van der Waals surface area (Å²) in [7, 11) is 0. The Morgan fingerprint density at radius 2 is 2.17 bits per heavy atom. The standard InChI is InChI=1S/C13H15BrO3S/c14-10-1-2-11(13(15)16)12(7-10)18-8-9-3-5-17-6-4-9/h1-2,7,9H,3-6,8H2,(H,15,16). The molecule has 0 unspecified atom stereocenters. The zero-order chi connectivity index (χ0) is 13.0. The molecule has 0 amide bonds. The van der Waals surface area contributed by atoms with Gasteiger partial charge in [0.25, 0.3) is 0 Å². The van der Waals surface area contributed by atoms with E-state index in [1.165, 1.54) is 0 Å². The predicted octanol–water partition coefficient (Wildman–Crippen LogP) is 3.67. The van der Waals surface area contributed by atoms with E-state index < -0.39 is 5.97 Å². The van der Waals surface area contributed by atoms with E-state index in [1.807, 2.05) is 6.07 Å². The zero-order valence-electron chi connectivity index (χ0n) is 9.89. The first-order valence-corrected chi connectivity index (χ1v) is 7.68. The van der Waals surface area contributed by atoms with E-state index in [0.717, 1.165) is 41.2 Å². The molecular formula is C13H15BrO3S. The molecule has 1 aromatic carbocycles. The summed E-state index contributed by atoms with van der Waals surface area (Å²) in [5.41, 5.74) is 0.384. The zero-order valence-corrected chi connectivity index (χ0v) is 12.3. The maximum absolute atomic E-state index is 11.1. The first-order chi connectivity index (χ1) is 8.66. The van der Waals surface area contributed by atoms with E-state index in [9.17, 15) is 4.79 Å². The molecule has 1 aliphatic heterocycles. The van der Waals surface area contributed by atoms with Crippen molar-refractivity contribution in [2.24, 2.45) is 5.92 Å². The van der Waals surface area contributed by atoms with Crippen molar-refractivity contribution in [2.45, 2.75) is 17.7 Å². The minimum absolute atomic E-state index is 0.384. The van der Waals surface area contributed by atoms with E-state index in [2.05, 4.69) is 15.9 Å². The van der Waals surface area contributed by atoms with Crippen molar-refractivity contribution in [3.63, 3.8) is 0 Å². The van der Waals surface area contributed by atoms with Crippen molar-refractivity contribution in [1.29, 1.82) is 0 Å². The van der Waals surface area contributed by atoms with E-state index in [-0.39, 0.29) is 0 Å². The summed E-state index contributed by atoms with van der Waals surface area (Å²) < 4.78 is 6.24. The number of benzene rings is 1. The van der Waals surface area contributed by atoms with Gasteiger partial charge >= 0.3 is 5.97 Å². The molecule has 1 fully saturated rings. The Morgan fingerprint density at radius 1 is 1.44 bits per heavy atom. The summed E-state index contributed by atoms with van der Waals surface area (Å²) in [4.78, 5) is 12.0. The highest BCUT2D eigenvalue weighted by atomic mass is 79.9. The molecule has 0 saturated carbocycles. The van der Waals surface area contributed by atoms with Crippen LogP contribution in [0.1, 0.15) is 23.2 Å². The van der Waals surface area contributed by atoms with Gasteiger partial charge in [-0.1, -0.05) is 15.9 Å². The van der Waals surface area contributed by atoms with Crippen molar-refractivity contribution < 1.29 is 14.6 Å². The van der Waals surface area contributed by atoms with Gasteiger partial charge in [0, 0.05) is 28.3 Å². The monoisotopic (exact) mass is 330 g/mol. The fraction of sp³-hybridized carbons (Fsp3) is 0.462. The fourth-order valence-electron chi connectivity index (χ4n) is 1.91. The van der Waals surface area contributed by atoms with Crippen LogP contribution in [-0.2, 0) is 4.74 Å². The maximum atomic E-state index is 11.1. The van der Waals surface area contributed by atoms with Crippen molar-refractivity contribution >= 4 is 33.7 Å².